The van der Waals surface area contributed by atoms with Gasteiger partial charge in [-0.2, -0.15) is 0 Å². The van der Waals surface area contributed by atoms with Crippen LogP contribution in [0, 0.1) is 5.92 Å². The molecule has 1 aromatic rings. The Morgan fingerprint density at radius 2 is 2.16 bits per heavy atom. The van der Waals surface area contributed by atoms with Crippen LogP contribution in [-0.2, 0) is 19.1 Å². The van der Waals surface area contributed by atoms with Crippen LogP contribution < -0.4 is 0 Å². The number of halogens is 1. The van der Waals surface area contributed by atoms with Crippen molar-refractivity contribution in [1.29, 1.82) is 0 Å². The van der Waals surface area contributed by atoms with E-state index in [9.17, 15) is 9.59 Å². The van der Waals surface area contributed by atoms with E-state index in [1.165, 1.54) is 7.11 Å². The first-order valence-electron chi connectivity index (χ1n) is 8.81. The summed E-state index contributed by atoms with van der Waals surface area (Å²) in [5, 5.41) is 0.711. The van der Waals surface area contributed by atoms with Crippen molar-refractivity contribution in [2.24, 2.45) is 5.92 Å². The lowest BCUT2D eigenvalue weighted by atomic mass is 10.1. The molecule has 3 rings (SSSR count). The summed E-state index contributed by atoms with van der Waals surface area (Å²) in [4.78, 5) is 26.2. The maximum Gasteiger partial charge on any atom is 0.307 e. The number of amides is 1. The van der Waals surface area contributed by atoms with Crippen LogP contribution >= 0.6 is 11.6 Å². The molecule has 136 valence electrons. The maximum absolute atomic E-state index is 13.0. The lowest BCUT2D eigenvalue weighted by Crippen LogP contribution is -2.40. The normalized spacial score (nSPS) is 24.8. The molecule has 1 aromatic carbocycles. The molecule has 25 heavy (non-hydrogen) atoms. The van der Waals surface area contributed by atoms with E-state index in [4.69, 9.17) is 21.1 Å². The molecular formula is C19H24ClNO4. The molecule has 2 fully saturated rings. The topological polar surface area (TPSA) is 55.8 Å². The fraction of sp³-hybridized carbons (Fsp3) is 0.579. The number of nitrogens with zero attached hydrogens (tertiary/aromatic N) is 1. The molecule has 0 radical (unpaired) electrons. The average molecular weight is 366 g/mol. The summed E-state index contributed by atoms with van der Waals surface area (Å²) >= 11 is 6.26. The molecule has 6 heteroatoms. The zero-order valence-corrected chi connectivity index (χ0v) is 15.2. The highest BCUT2D eigenvalue weighted by Gasteiger charge is 2.46. The van der Waals surface area contributed by atoms with Crippen molar-refractivity contribution in [1.82, 2.24) is 4.90 Å². The van der Waals surface area contributed by atoms with Crippen LogP contribution in [0.1, 0.15) is 37.2 Å². The number of hydrogen-bond donors (Lipinski definition) is 0. The molecule has 3 unspecified atom stereocenters. The molecule has 1 heterocycles. The van der Waals surface area contributed by atoms with Crippen molar-refractivity contribution in [3.63, 3.8) is 0 Å². The number of carbonyl (C=O) groups is 2. The van der Waals surface area contributed by atoms with E-state index in [1.807, 2.05) is 24.3 Å². The van der Waals surface area contributed by atoms with E-state index in [0.717, 1.165) is 31.4 Å². The summed E-state index contributed by atoms with van der Waals surface area (Å²) in [6.45, 7) is 1.66. The van der Waals surface area contributed by atoms with Gasteiger partial charge in [0.25, 0.3) is 0 Å². The Hall–Kier alpha value is -1.59. The van der Waals surface area contributed by atoms with E-state index >= 15 is 0 Å². The number of rotatable bonds is 7. The number of ether oxygens (including phenoxy) is 2. The largest absolute Gasteiger partial charge is 0.469 e. The lowest BCUT2D eigenvalue weighted by Gasteiger charge is -2.25. The van der Waals surface area contributed by atoms with Crippen LogP contribution in [-0.4, -0.2) is 49.7 Å². The Labute approximate surface area is 153 Å². The minimum atomic E-state index is -0.302. The first kappa shape index (κ1) is 18.2. The molecule has 0 N–H and O–H groups in total. The van der Waals surface area contributed by atoms with E-state index in [2.05, 4.69) is 0 Å². The van der Waals surface area contributed by atoms with Crippen molar-refractivity contribution in [3.05, 3.63) is 34.9 Å². The molecule has 5 nitrogen and oxygen atoms in total. The Morgan fingerprint density at radius 3 is 2.84 bits per heavy atom. The van der Waals surface area contributed by atoms with Gasteiger partial charge in [0.05, 0.1) is 19.6 Å². The lowest BCUT2D eigenvalue weighted by molar-refractivity contribution is -0.142. The minimum Gasteiger partial charge on any atom is -0.469 e. The third kappa shape index (κ3) is 4.53. The van der Waals surface area contributed by atoms with Crippen LogP contribution in [0.2, 0.25) is 5.02 Å². The van der Waals surface area contributed by atoms with Gasteiger partial charge in [0, 0.05) is 30.6 Å². The molecule has 1 saturated carbocycles. The highest BCUT2D eigenvalue weighted by molar-refractivity contribution is 6.31. The summed E-state index contributed by atoms with van der Waals surface area (Å²) in [7, 11) is 1.36. The molecule has 1 aliphatic heterocycles. The second kappa shape index (κ2) is 8.19. The second-order valence-electron chi connectivity index (χ2n) is 6.72. The van der Waals surface area contributed by atoms with E-state index in [0.29, 0.717) is 18.1 Å². The monoisotopic (exact) mass is 365 g/mol. The standard InChI is InChI=1S/C19H24ClNO4/c1-24-18(22)8-9-21(12-13-5-4-10-25-13)19(23)16-11-15(16)14-6-2-3-7-17(14)20/h2-3,6-7,13,15-16H,4-5,8-12H2,1H3. The van der Waals surface area contributed by atoms with Crippen LogP contribution in [0.25, 0.3) is 0 Å². The van der Waals surface area contributed by atoms with Crippen molar-refractivity contribution >= 4 is 23.5 Å². The van der Waals surface area contributed by atoms with Gasteiger partial charge in [0.2, 0.25) is 5.91 Å². The van der Waals surface area contributed by atoms with Gasteiger partial charge in [-0.15, -0.1) is 0 Å². The van der Waals surface area contributed by atoms with E-state index in [1.54, 1.807) is 4.90 Å². The first-order valence-corrected chi connectivity index (χ1v) is 9.19. The van der Waals surface area contributed by atoms with Crippen LogP contribution in [0.4, 0.5) is 0 Å². The summed E-state index contributed by atoms with van der Waals surface area (Å²) in [6.07, 6.45) is 3.07. The van der Waals surface area contributed by atoms with Crippen molar-refractivity contribution in [2.75, 3.05) is 26.8 Å². The summed E-state index contributed by atoms with van der Waals surface area (Å²) in [5.41, 5.74) is 1.03. The maximum atomic E-state index is 13.0. The quantitative estimate of drug-likeness (QED) is 0.697. The molecule has 3 atom stereocenters. The van der Waals surface area contributed by atoms with E-state index < -0.39 is 0 Å². The third-order valence-corrected chi connectivity index (χ3v) is 5.33. The van der Waals surface area contributed by atoms with Crippen LogP contribution in [0.3, 0.4) is 0 Å². The van der Waals surface area contributed by atoms with Gasteiger partial charge in [-0.3, -0.25) is 9.59 Å². The molecular weight excluding hydrogens is 342 g/mol. The van der Waals surface area contributed by atoms with Gasteiger partial charge < -0.3 is 14.4 Å². The van der Waals surface area contributed by atoms with Gasteiger partial charge >= 0.3 is 5.97 Å². The fourth-order valence-corrected chi connectivity index (χ4v) is 3.75. The summed E-state index contributed by atoms with van der Waals surface area (Å²) in [5.74, 6) is -0.0989. The number of esters is 1. The molecule has 1 amide bonds. The van der Waals surface area contributed by atoms with Crippen molar-refractivity contribution in [3.8, 4) is 0 Å². The van der Waals surface area contributed by atoms with Crippen LogP contribution in [0.5, 0.6) is 0 Å². The van der Waals surface area contributed by atoms with Gasteiger partial charge in [0.15, 0.2) is 0 Å². The minimum absolute atomic E-state index is 0.0565. The number of benzene rings is 1. The third-order valence-electron chi connectivity index (χ3n) is 4.99. The van der Waals surface area contributed by atoms with Gasteiger partial charge in [-0.1, -0.05) is 29.8 Å². The summed E-state index contributed by atoms with van der Waals surface area (Å²) < 4.78 is 10.4. The predicted molar refractivity (Wildman–Crippen MR) is 94.5 cm³/mol. The fourth-order valence-electron chi connectivity index (χ4n) is 3.48. The zero-order chi connectivity index (χ0) is 17.8. The highest BCUT2D eigenvalue weighted by Crippen LogP contribution is 2.50. The van der Waals surface area contributed by atoms with Crippen molar-refractivity contribution < 1.29 is 19.1 Å². The Balaban J connectivity index is 1.64. The molecule has 1 aliphatic carbocycles. The molecule has 2 aliphatic rings. The Kier molecular flexibility index (Phi) is 5.97. The van der Waals surface area contributed by atoms with E-state index in [-0.39, 0.29) is 36.2 Å². The van der Waals surface area contributed by atoms with Gasteiger partial charge in [-0.25, -0.2) is 0 Å². The van der Waals surface area contributed by atoms with Gasteiger partial charge in [0.1, 0.15) is 0 Å². The summed E-state index contributed by atoms with van der Waals surface area (Å²) in [6, 6.07) is 7.69. The molecule has 1 saturated heterocycles. The smallest absolute Gasteiger partial charge is 0.307 e. The second-order valence-corrected chi connectivity index (χ2v) is 7.12. The predicted octanol–water partition coefficient (Wildman–Crippen LogP) is 3.01. The molecule has 0 bridgehead atoms. The number of methoxy groups -OCH3 is 1. The number of hydrogen-bond acceptors (Lipinski definition) is 4. The zero-order valence-electron chi connectivity index (χ0n) is 14.4. The Morgan fingerprint density at radius 1 is 1.36 bits per heavy atom. The molecule has 0 spiro atoms. The number of carbonyl (C=O) groups excluding carboxylic acids is 2. The Bertz CT molecular complexity index is 630. The van der Waals surface area contributed by atoms with Gasteiger partial charge in [-0.05, 0) is 36.8 Å². The first-order chi connectivity index (χ1) is 12.1. The van der Waals surface area contributed by atoms with Crippen molar-refractivity contribution in [2.45, 2.75) is 37.7 Å². The highest BCUT2D eigenvalue weighted by atomic mass is 35.5. The van der Waals surface area contributed by atoms with Crippen LogP contribution in [0.15, 0.2) is 24.3 Å². The SMILES string of the molecule is COC(=O)CCN(CC1CCCO1)C(=O)C1CC1c1ccccc1Cl. The average Bonchev–Trinajstić information content (AvgIpc) is 3.24. The molecule has 0 aromatic heterocycles.